The van der Waals surface area contributed by atoms with Crippen LogP contribution in [-0.4, -0.2) is 4.98 Å². The lowest BCUT2D eigenvalue weighted by molar-refractivity contribution is 0.305. The fraction of sp³-hybridized carbons (Fsp3) is 0.154. The Labute approximate surface area is 113 Å². The van der Waals surface area contributed by atoms with Gasteiger partial charge in [0.05, 0.1) is 10.2 Å². The van der Waals surface area contributed by atoms with Gasteiger partial charge in [0.25, 0.3) is 0 Å². The van der Waals surface area contributed by atoms with Crippen LogP contribution in [0.5, 0.6) is 5.75 Å². The molecule has 94 valence electrons. The highest BCUT2D eigenvalue weighted by Crippen LogP contribution is 2.22. The van der Waals surface area contributed by atoms with E-state index in [1.165, 1.54) is 6.07 Å². The molecular weight excluding hydrogens is 299 g/mol. The van der Waals surface area contributed by atoms with Gasteiger partial charge in [-0.3, -0.25) is 4.98 Å². The van der Waals surface area contributed by atoms with Crippen LogP contribution in [0.3, 0.4) is 0 Å². The number of ether oxygens (including phenoxy) is 1. The molecule has 1 heterocycles. The molecule has 0 saturated carbocycles. The van der Waals surface area contributed by atoms with Gasteiger partial charge in [0.1, 0.15) is 18.2 Å². The van der Waals surface area contributed by atoms with E-state index in [9.17, 15) is 4.39 Å². The van der Waals surface area contributed by atoms with E-state index in [1.54, 1.807) is 18.3 Å². The summed E-state index contributed by atoms with van der Waals surface area (Å²) in [4.78, 5) is 4.10. The quantitative estimate of drug-likeness (QED) is 0.944. The molecule has 2 rings (SSSR count). The van der Waals surface area contributed by atoms with Gasteiger partial charge in [0.15, 0.2) is 0 Å². The maximum absolute atomic E-state index is 13.0. The Bertz CT molecular complexity index is 548. The molecule has 1 aromatic carbocycles. The molecule has 0 aliphatic carbocycles. The lowest BCUT2D eigenvalue weighted by Crippen LogP contribution is -2.02. The van der Waals surface area contributed by atoms with E-state index in [-0.39, 0.29) is 5.82 Å². The largest absolute Gasteiger partial charge is 0.489 e. The molecule has 0 aliphatic heterocycles. The van der Waals surface area contributed by atoms with Crippen molar-refractivity contribution in [2.45, 2.75) is 13.2 Å². The average molecular weight is 311 g/mol. The predicted octanol–water partition coefficient (Wildman–Crippen LogP) is 3.02. The molecule has 3 nitrogen and oxygen atoms in total. The Morgan fingerprint density at radius 2 is 2.11 bits per heavy atom. The maximum atomic E-state index is 13.0. The van der Waals surface area contributed by atoms with E-state index in [4.69, 9.17) is 10.5 Å². The summed E-state index contributed by atoms with van der Waals surface area (Å²) in [5.74, 6) is 0.297. The predicted molar refractivity (Wildman–Crippen MR) is 70.6 cm³/mol. The van der Waals surface area contributed by atoms with E-state index in [0.29, 0.717) is 23.4 Å². The van der Waals surface area contributed by atoms with E-state index in [1.807, 2.05) is 12.1 Å². The summed E-state index contributed by atoms with van der Waals surface area (Å²) in [6.07, 6.45) is 1.70. The minimum Gasteiger partial charge on any atom is -0.489 e. The van der Waals surface area contributed by atoms with Crippen molar-refractivity contribution in [3.05, 3.63) is 58.1 Å². The number of benzene rings is 1. The van der Waals surface area contributed by atoms with Crippen LogP contribution in [0.25, 0.3) is 0 Å². The molecule has 1 aromatic heterocycles. The lowest BCUT2D eigenvalue weighted by atomic mass is 10.2. The molecule has 18 heavy (non-hydrogen) atoms. The van der Waals surface area contributed by atoms with E-state index in [2.05, 4.69) is 20.9 Å². The monoisotopic (exact) mass is 310 g/mol. The van der Waals surface area contributed by atoms with E-state index in [0.717, 1.165) is 11.3 Å². The highest BCUT2D eigenvalue weighted by Gasteiger charge is 2.02. The normalized spacial score (nSPS) is 10.4. The fourth-order valence-corrected chi connectivity index (χ4v) is 1.82. The molecule has 0 saturated heterocycles. The van der Waals surface area contributed by atoms with Gasteiger partial charge in [-0.05, 0) is 51.8 Å². The Morgan fingerprint density at radius 3 is 2.83 bits per heavy atom. The molecule has 2 N–H and O–H groups in total. The second-order valence-corrected chi connectivity index (χ2v) is 4.58. The Hall–Kier alpha value is -1.46. The lowest BCUT2D eigenvalue weighted by Gasteiger charge is -2.07. The van der Waals surface area contributed by atoms with Gasteiger partial charge in [-0.25, -0.2) is 4.39 Å². The van der Waals surface area contributed by atoms with E-state index >= 15 is 0 Å². The number of aromatic nitrogens is 1. The zero-order valence-electron chi connectivity index (χ0n) is 9.57. The Balaban J connectivity index is 2.04. The van der Waals surface area contributed by atoms with Crippen molar-refractivity contribution in [1.29, 1.82) is 0 Å². The minimum atomic E-state index is -0.309. The maximum Gasteiger partial charge on any atom is 0.137 e. The van der Waals surface area contributed by atoms with Crippen molar-refractivity contribution in [3.63, 3.8) is 0 Å². The summed E-state index contributed by atoms with van der Waals surface area (Å²) in [6, 6.07) is 8.29. The first-order valence-electron chi connectivity index (χ1n) is 5.41. The Morgan fingerprint density at radius 1 is 1.28 bits per heavy atom. The van der Waals surface area contributed by atoms with Crippen molar-refractivity contribution in [2.24, 2.45) is 5.73 Å². The third-order valence-electron chi connectivity index (χ3n) is 2.39. The van der Waals surface area contributed by atoms with Crippen molar-refractivity contribution < 1.29 is 9.13 Å². The van der Waals surface area contributed by atoms with Gasteiger partial charge in [-0.2, -0.15) is 0 Å². The number of nitrogens with two attached hydrogens (primary N) is 1. The topological polar surface area (TPSA) is 48.1 Å². The summed E-state index contributed by atoms with van der Waals surface area (Å²) in [5, 5.41) is 0. The standard InChI is InChI=1S/C13H12BrFN2O/c14-12-6-11(1-2-13(12)15)18-8-9-3-4-17-10(5-9)7-16/h1-6H,7-8,16H2. The van der Waals surface area contributed by atoms with Gasteiger partial charge in [0.2, 0.25) is 0 Å². The zero-order chi connectivity index (χ0) is 13.0. The van der Waals surface area contributed by atoms with Crippen LogP contribution in [0.1, 0.15) is 11.3 Å². The minimum absolute atomic E-state index is 0.309. The second kappa shape index (κ2) is 5.93. The number of rotatable bonds is 4. The van der Waals surface area contributed by atoms with Crippen LogP contribution in [0, 0.1) is 5.82 Å². The van der Waals surface area contributed by atoms with Crippen molar-refractivity contribution in [3.8, 4) is 5.75 Å². The smallest absolute Gasteiger partial charge is 0.137 e. The highest BCUT2D eigenvalue weighted by atomic mass is 79.9. The van der Waals surface area contributed by atoms with Crippen molar-refractivity contribution in [1.82, 2.24) is 4.98 Å². The molecule has 0 spiro atoms. The third kappa shape index (κ3) is 3.27. The van der Waals surface area contributed by atoms with Crippen LogP contribution in [-0.2, 0) is 13.2 Å². The molecule has 0 bridgehead atoms. The highest BCUT2D eigenvalue weighted by molar-refractivity contribution is 9.10. The third-order valence-corrected chi connectivity index (χ3v) is 2.99. The summed E-state index contributed by atoms with van der Waals surface area (Å²) in [5.41, 5.74) is 7.31. The molecule has 0 radical (unpaired) electrons. The zero-order valence-corrected chi connectivity index (χ0v) is 11.2. The van der Waals surface area contributed by atoms with Gasteiger partial charge >= 0.3 is 0 Å². The SMILES string of the molecule is NCc1cc(COc2ccc(F)c(Br)c2)ccn1. The van der Waals surface area contributed by atoms with Crippen LogP contribution < -0.4 is 10.5 Å². The first-order valence-corrected chi connectivity index (χ1v) is 6.20. The number of halogens is 2. The molecule has 0 atom stereocenters. The molecular formula is C13H12BrFN2O. The van der Waals surface area contributed by atoms with Gasteiger partial charge in [0, 0.05) is 12.7 Å². The summed E-state index contributed by atoms with van der Waals surface area (Å²) < 4.78 is 19.0. The van der Waals surface area contributed by atoms with Crippen molar-refractivity contribution in [2.75, 3.05) is 0 Å². The van der Waals surface area contributed by atoms with Crippen LogP contribution in [0.2, 0.25) is 0 Å². The van der Waals surface area contributed by atoms with Crippen molar-refractivity contribution >= 4 is 15.9 Å². The van der Waals surface area contributed by atoms with Crippen LogP contribution >= 0.6 is 15.9 Å². The van der Waals surface area contributed by atoms with E-state index < -0.39 is 0 Å². The summed E-state index contributed by atoms with van der Waals surface area (Å²) in [6.45, 7) is 0.795. The number of nitrogens with zero attached hydrogens (tertiary/aromatic N) is 1. The van der Waals surface area contributed by atoms with Gasteiger partial charge in [-0.1, -0.05) is 0 Å². The fourth-order valence-electron chi connectivity index (χ4n) is 1.46. The number of pyridine rings is 1. The number of hydrogen-bond acceptors (Lipinski definition) is 3. The molecule has 2 aromatic rings. The first-order chi connectivity index (χ1) is 8.69. The molecule has 0 unspecified atom stereocenters. The van der Waals surface area contributed by atoms with Crippen LogP contribution in [0.4, 0.5) is 4.39 Å². The van der Waals surface area contributed by atoms with Gasteiger partial charge < -0.3 is 10.5 Å². The molecule has 0 aliphatic rings. The average Bonchev–Trinajstić information content (AvgIpc) is 2.40. The summed E-state index contributed by atoms with van der Waals surface area (Å²) >= 11 is 3.11. The molecule has 0 amide bonds. The molecule has 5 heteroatoms. The molecule has 0 fully saturated rings. The van der Waals surface area contributed by atoms with Gasteiger partial charge in [-0.15, -0.1) is 0 Å². The Kier molecular flexibility index (Phi) is 4.28. The second-order valence-electron chi connectivity index (χ2n) is 3.72. The first kappa shape index (κ1) is 13.0. The number of hydrogen-bond donors (Lipinski definition) is 1. The summed E-state index contributed by atoms with van der Waals surface area (Å²) in [7, 11) is 0. The van der Waals surface area contributed by atoms with Crippen LogP contribution in [0.15, 0.2) is 41.0 Å².